The van der Waals surface area contributed by atoms with Crippen LogP contribution in [-0.2, 0) is 14.8 Å². The first-order valence-corrected chi connectivity index (χ1v) is 11.4. The summed E-state index contributed by atoms with van der Waals surface area (Å²) in [5.41, 5.74) is 1.10. The standard InChI is InChI=1S/C24H25NO6S/c1-4-30-21-9-7-19(8-10-21)25(32(27,28)23-15-5-18(2)6-16-23)24(26)17-31-22-13-11-20(29-3)12-14-22/h5-16H,4,17H2,1-3H3. The number of carbonyl (C=O) groups excluding carboxylic acids is 1. The summed E-state index contributed by atoms with van der Waals surface area (Å²) in [5, 5.41) is 0. The van der Waals surface area contributed by atoms with E-state index in [1.165, 1.54) is 24.3 Å². The monoisotopic (exact) mass is 455 g/mol. The van der Waals surface area contributed by atoms with E-state index in [9.17, 15) is 13.2 Å². The molecule has 7 nitrogen and oxygen atoms in total. The van der Waals surface area contributed by atoms with Crippen molar-refractivity contribution in [3.05, 3.63) is 78.4 Å². The third kappa shape index (κ3) is 5.39. The summed E-state index contributed by atoms with van der Waals surface area (Å²) in [6, 6.07) is 19.3. The van der Waals surface area contributed by atoms with Crippen LogP contribution in [0.25, 0.3) is 0 Å². The van der Waals surface area contributed by atoms with Crippen LogP contribution in [0, 0.1) is 6.92 Å². The number of methoxy groups -OCH3 is 1. The molecular formula is C24H25NO6S. The number of ether oxygens (including phenoxy) is 3. The van der Waals surface area contributed by atoms with E-state index < -0.39 is 22.5 Å². The van der Waals surface area contributed by atoms with E-state index in [2.05, 4.69) is 0 Å². The predicted molar refractivity (Wildman–Crippen MR) is 122 cm³/mol. The molecule has 0 aliphatic carbocycles. The Morgan fingerprint density at radius 1 is 0.812 bits per heavy atom. The number of benzene rings is 3. The Morgan fingerprint density at radius 3 is 1.91 bits per heavy atom. The maximum atomic E-state index is 13.4. The van der Waals surface area contributed by atoms with E-state index in [4.69, 9.17) is 14.2 Å². The molecule has 0 saturated heterocycles. The molecule has 3 aromatic rings. The average Bonchev–Trinajstić information content (AvgIpc) is 2.79. The van der Waals surface area contributed by atoms with Crippen LogP contribution >= 0.6 is 0 Å². The normalized spacial score (nSPS) is 11.0. The van der Waals surface area contributed by atoms with Gasteiger partial charge in [0, 0.05) is 0 Å². The fourth-order valence-electron chi connectivity index (χ4n) is 2.95. The third-order valence-electron chi connectivity index (χ3n) is 4.59. The summed E-state index contributed by atoms with van der Waals surface area (Å²) >= 11 is 0. The van der Waals surface area contributed by atoms with Crippen molar-refractivity contribution in [2.75, 3.05) is 24.6 Å². The number of rotatable bonds is 9. The number of nitrogens with zero attached hydrogens (tertiary/aromatic N) is 1. The highest BCUT2D eigenvalue weighted by Gasteiger charge is 2.31. The van der Waals surface area contributed by atoms with Crippen LogP contribution in [-0.4, -0.2) is 34.6 Å². The minimum absolute atomic E-state index is 0.00906. The van der Waals surface area contributed by atoms with E-state index in [1.54, 1.807) is 55.6 Å². The first-order chi connectivity index (χ1) is 15.3. The molecule has 0 fully saturated rings. The van der Waals surface area contributed by atoms with Gasteiger partial charge in [0.1, 0.15) is 17.2 Å². The van der Waals surface area contributed by atoms with Crippen LogP contribution in [0.2, 0.25) is 0 Å². The first kappa shape index (κ1) is 23.1. The summed E-state index contributed by atoms with van der Waals surface area (Å²) in [7, 11) is -2.62. The van der Waals surface area contributed by atoms with Gasteiger partial charge in [-0.2, -0.15) is 4.31 Å². The van der Waals surface area contributed by atoms with Crippen molar-refractivity contribution in [2.45, 2.75) is 18.7 Å². The Kier molecular flexibility index (Phi) is 7.37. The molecular weight excluding hydrogens is 430 g/mol. The molecule has 0 aromatic heterocycles. The van der Waals surface area contributed by atoms with E-state index in [0.29, 0.717) is 23.9 Å². The number of aryl methyl sites for hydroxylation is 1. The molecule has 0 unspecified atom stereocenters. The molecule has 0 bridgehead atoms. The van der Waals surface area contributed by atoms with Gasteiger partial charge in [0.15, 0.2) is 6.61 Å². The summed E-state index contributed by atoms with van der Waals surface area (Å²) in [6.07, 6.45) is 0. The van der Waals surface area contributed by atoms with Crippen LogP contribution in [0.5, 0.6) is 17.2 Å². The fraction of sp³-hybridized carbons (Fsp3) is 0.208. The molecule has 0 atom stereocenters. The lowest BCUT2D eigenvalue weighted by Crippen LogP contribution is -2.40. The second-order valence-corrected chi connectivity index (χ2v) is 8.65. The van der Waals surface area contributed by atoms with Gasteiger partial charge < -0.3 is 14.2 Å². The molecule has 3 rings (SSSR count). The number of sulfonamides is 1. The smallest absolute Gasteiger partial charge is 0.278 e. The zero-order valence-electron chi connectivity index (χ0n) is 18.1. The van der Waals surface area contributed by atoms with Gasteiger partial charge in [0.05, 0.1) is 24.3 Å². The highest BCUT2D eigenvalue weighted by Crippen LogP contribution is 2.27. The number of amides is 1. The van der Waals surface area contributed by atoms with Crippen LogP contribution < -0.4 is 18.5 Å². The van der Waals surface area contributed by atoms with Crippen LogP contribution in [0.3, 0.4) is 0 Å². The van der Waals surface area contributed by atoms with Gasteiger partial charge in [-0.25, -0.2) is 8.42 Å². The summed E-state index contributed by atoms with van der Waals surface area (Å²) in [6.45, 7) is 3.71. The zero-order chi connectivity index (χ0) is 23.1. The summed E-state index contributed by atoms with van der Waals surface area (Å²) in [4.78, 5) is 13.1. The largest absolute Gasteiger partial charge is 0.497 e. The molecule has 3 aromatic carbocycles. The van der Waals surface area contributed by atoms with Gasteiger partial charge in [-0.05, 0) is 74.5 Å². The van der Waals surface area contributed by atoms with Gasteiger partial charge in [-0.1, -0.05) is 17.7 Å². The first-order valence-electron chi connectivity index (χ1n) is 9.99. The van der Waals surface area contributed by atoms with E-state index in [-0.39, 0.29) is 10.6 Å². The van der Waals surface area contributed by atoms with Gasteiger partial charge in [-0.15, -0.1) is 0 Å². The molecule has 168 valence electrons. The SMILES string of the molecule is CCOc1ccc(N(C(=O)COc2ccc(OC)cc2)S(=O)(=O)c2ccc(C)cc2)cc1. The number of anilines is 1. The molecule has 0 spiro atoms. The van der Waals surface area contributed by atoms with Crippen LogP contribution in [0.1, 0.15) is 12.5 Å². The molecule has 1 amide bonds. The molecule has 0 radical (unpaired) electrons. The lowest BCUT2D eigenvalue weighted by molar-refractivity contribution is -0.119. The van der Waals surface area contributed by atoms with Crippen molar-refractivity contribution >= 4 is 21.6 Å². The van der Waals surface area contributed by atoms with Crippen molar-refractivity contribution in [2.24, 2.45) is 0 Å². The van der Waals surface area contributed by atoms with Crippen molar-refractivity contribution in [1.29, 1.82) is 0 Å². The van der Waals surface area contributed by atoms with E-state index >= 15 is 0 Å². The van der Waals surface area contributed by atoms with Crippen molar-refractivity contribution < 1.29 is 27.4 Å². The highest BCUT2D eigenvalue weighted by molar-refractivity contribution is 7.93. The molecule has 8 heteroatoms. The molecule has 0 N–H and O–H groups in total. The Labute approximate surface area is 188 Å². The van der Waals surface area contributed by atoms with E-state index in [1.807, 2.05) is 13.8 Å². The minimum Gasteiger partial charge on any atom is -0.497 e. The van der Waals surface area contributed by atoms with Gasteiger partial charge in [0.25, 0.3) is 15.9 Å². The van der Waals surface area contributed by atoms with Gasteiger partial charge in [-0.3, -0.25) is 4.79 Å². The Bertz CT molecular complexity index is 1140. The maximum Gasteiger partial charge on any atom is 0.278 e. The number of hydrogen-bond acceptors (Lipinski definition) is 6. The highest BCUT2D eigenvalue weighted by atomic mass is 32.2. The van der Waals surface area contributed by atoms with Gasteiger partial charge >= 0.3 is 0 Å². The van der Waals surface area contributed by atoms with Crippen molar-refractivity contribution in [3.8, 4) is 17.2 Å². The average molecular weight is 456 g/mol. The molecule has 0 aliphatic rings. The van der Waals surface area contributed by atoms with Crippen molar-refractivity contribution in [3.63, 3.8) is 0 Å². The third-order valence-corrected chi connectivity index (χ3v) is 6.35. The Morgan fingerprint density at radius 2 is 1.34 bits per heavy atom. The maximum absolute atomic E-state index is 13.4. The predicted octanol–water partition coefficient (Wildman–Crippen LogP) is 4.20. The van der Waals surface area contributed by atoms with Crippen LogP contribution in [0.4, 0.5) is 5.69 Å². The topological polar surface area (TPSA) is 82.1 Å². The Balaban J connectivity index is 1.91. The minimum atomic E-state index is -4.17. The fourth-order valence-corrected chi connectivity index (χ4v) is 4.36. The molecule has 0 heterocycles. The number of hydrogen-bond donors (Lipinski definition) is 0. The molecule has 0 saturated carbocycles. The van der Waals surface area contributed by atoms with Crippen LogP contribution in [0.15, 0.2) is 77.7 Å². The molecule has 32 heavy (non-hydrogen) atoms. The summed E-state index contributed by atoms with van der Waals surface area (Å²) in [5.74, 6) is 0.900. The number of carbonyl (C=O) groups is 1. The second-order valence-electron chi connectivity index (χ2n) is 6.87. The van der Waals surface area contributed by atoms with E-state index in [0.717, 1.165) is 9.87 Å². The Hall–Kier alpha value is -3.52. The summed E-state index contributed by atoms with van der Waals surface area (Å²) < 4.78 is 43.6. The zero-order valence-corrected chi connectivity index (χ0v) is 19.0. The lowest BCUT2D eigenvalue weighted by Gasteiger charge is -2.23. The lowest BCUT2D eigenvalue weighted by atomic mass is 10.2. The molecule has 0 aliphatic heterocycles. The second kappa shape index (κ2) is 10.2. The quantitative estimate of drug-likeness (QED) is 0.481. The van der Waals surface area contributed by atoms with Crippen molar-refractivity contribution in [1.82, 2.24) is 0 Å². The van der Waals surface area contributed by atoms with Gasteiger partial charge in [0.2, 0.25) is 0 Å².